The minimum atomic E-state index is -0.248. The van der Waals surface area contributed by atoms with Crippen molar-refractivity contribution in [2.24, 2.45) is 5.10 Å². The number of amides is 1. The van der Waals surface area contributed by atoms with Crippen LogP contribution in [0.2, 0.25) is 5.02 Å². The summed E-state index contributed by atoms with van der Waals surface area (Å²) in [5.41, 5.74) is 5.11. The van der Waals surface area contributed by atoms with Gasteiger partial charge >= 0.3 is 0 Å². The first-order valence-electron chi connectivity index (χ1n) is 8.59. The van der Waals surface area contributed by atoms with Crippen molar-refractivity contribution in [3.8, 4) is 5.75 Å². The second-order valence-electron chi connectivity index (χ2n) is 5.91. The Labute approximate surface area is 173 Å². The van der Waals surface area contributed by atoms with E-state index in [1.165, 1.54) is 0 Å². The maximum Gasteiger partial charge on any atom is 0.271 e. The quantitative estimate of drug-likeness (QED) is 0.322. The van der Waals surface area contributed by atoms with Crippen LogP contribution in [-0.2, 0) is 5.75 Å². The van der Waals surface area contributed by atoms with Crippen LogP contribution in [0.1, 0.15) is 21.5 Å². The van der Waals surface area contributed by atoms with Crippen LogP contribution in [0, 0.1) is 0 Å². The number of hydrazone groups is 1. The van der Waals surface area contributed by atoms with Crippen LogP contribution in [0.25, 0.3) is 0 Å². The van der Waals surface area contributed by atoms with Crippen molar-refractivity contribution in [1.82, 2.24) is 5.43 Å². The van der Waals surface area contributed by atoms with E-state index in [2.05, 4.69) is 10.5 Å². The molecule has 0 fully saturated rings. The van der Waals surface area contributed by atoms with Crippen molar-refractivity contribution in [2.45, 2.75) is 10.6 Å². The molecule has 1 amide bonds. The Balaban J connectivity index is 1.51. The van der Waals surface area contributed by atoms with E-state index in [-0.39, 0.29) is 5.91 Å². The third kappa shape index (κ3) is 5.87. The molecule has 0 atom stereocenters. The Morgan fingerprint density at radius 1 is 1.04 bits per heavy atom. The fraction of sp³-hybridized carbons (Fsp3) is 0.0909. The lowest BCUT2D eigenvalue weighted by atomic mass is 10.1. The highest BCUT2D eigenvalue weighted by Crippen LogP contribution is 2.24. The number of rotatable bonds is 7. The standard InChI is InChI=1S/C22H19ClN2O2S/c1-27-20-10-4-16(5-11-20)14-24-25-22(26)18-6-2-17(3-7-18)15-28-21-12-8-19(23)9-13-21/h2-14H,15H2,1H3,(H,25,26)/b24-14-. The number of hydrogen-bond donors (Lipinski definition) is 1. The Morgan fingerprint density at radius 3 is 2.36 bits per heavy atom. The van der Waals surface area contributed by atoms with Gasteiger partial charge in [-0.25, -0.2) is 5.43 Å². The topological polar surface area (TPSA) is 50.7 Å². The molecule has 1 N–H and O–H groups in total. The van der Waals surface area contributed by atoms with Crippen molar-refractivity contribution in [3.63, 3.8) is 0 Å². The van der Waals surface area contributed by atoms with Gasteiger partial charge in [0.25, 0.3) is 5.91 Å². The average Bonchev–Trinajstić information content (AvgIpc) is 2.74. The second kappa shape index (κ2) is 9.97. The number of thioether (sulfide) groups is 1. The third-order valence-electron chi connectivity index (χ3n) is 3.93. The van der Waals surface area contributed by atoms with Gasteiger partial charge in [-0.2, -0.15) is 5.10 Å². The number of nitrogens with zero attached hydrogens (tertiary/aromatic N) is 1. The van der Waals surface area contributed by atoms with Gasteiger partial charge < -0.3 is 4.74 Å². The average molecular weight is 411 g/mol. The van der Waals surface area contributed by atoms with Crippen molar-refractivity contribution in [3.05, 3.63) is 94.5 Å². The molecule has 0 spiro atoms. The fourth-order valence-electron chi connectivity index (χ4n) is 2.37. The lowest BCUT2D eigenvalue weighted by molar-refractivity contribution is 0.0955. The van der Waals surface area contributed by atoms with Gasteiger partial charge in [-0.15, -0.1) is 11.8 Å². The van der Waals surface area contributed by atoms with Crippen LogP contribution in [0.4, 0.5) is 0 Å². The van der Waals surface area contributed by atoms with E-state index in [1.807, 2.05) is 60.7 Å². The summed E-state index contributed by atoms with van der Waals surface area (Å²) in [7, 11) is 1.62. The molecule has 0 aliphatic carbocycles. The van der Waals surface area contributed by atoms with Crippen LogP contribution in [-0.4, -0.2) is 19.2 Å². The van der Waals surface area contributed by atoms with Crippen molar-refractivity contribution < 1.29 is 9.53 Å². The summed E-state index contributed by atoms with van der Waals surface area (Å²) >= 11 is 7.62. The molecule has 0 aromatic heterocycles. The molecule has 0 unspecified atom stereocenters. The summed E-state index contributed by atoms with van der Waals surface area (Å²) in [5, 5.41) is 4.73. The van der Waals surface area contributed by atoms with Gasteiger partial charge in [0.2, 0.25) is 0 Å². The molecule has 28 heavy (non-hydrogen) atoms. The van der Waals surface area contributed by atoms with E-state index in [1.54, 1.807) is 37.2 Å². The Hall–Kier alpha value is -2.76. The van der Waals surface area contributed by atoms with Crippen molar-refractivity contribution >= 4 is 35.5 Å². The fourth-order valence-corrected chi connectivity index (χ4v) is 3.35. The number of ether oxygens (including phenoxy) is 1. The summed E-state index contributed by atoms with van der Waals surface area (Å²) in [6.07, 6.45) is 1.59. The highest BCUT2D eigenvalue weighted by atomic mass is 35.5. The number of halogens is 1. The molecule has 6 heteroatoms. The van der Waals surface area contributed by atoms with Crippen LogP contribution in [0.5, 0.6) is 5.75 Å². The monoisotopic (exact) mass is 410 g/mol. The molecule has 4 nitrogen and oxygen atoms in total. The number of hydrogen-bond acceptors (Lipinski definition) is 4. The lowest BCUT2D eigenvalue weighted by Crippen LogP contribution is -2.17. The van der Waals surface area contributed by atoms with E-state index < -0.39 is 0 Å². The van der Waals surface area contributed by atoms with Gasteiger partial charge in [-0.05, 0) is 71.8 Å². The van der Waals surface area contributed by atoms with E-state index in [0.717, 1.165) is 32.5 Å². The molecule has 0 saturated heterocycles. The smallest absolute Gasteiger partial charge is 0.271 e. The first kappa shape index (κ1) is 20.0. The Kier molecular flexibility index (Phi) is 7.12. The second-order valence-corrected chi connectivity index (χ2v) is 7.40. The van der Waals surface area contributed by atoms with Gasteiger partial charge in [0.1, 0.15) is 5.75 Å². The maximum absolute atomic E-state index is 12.2. The van der Waals surface area contributed by atoms with Gasteiger partial charge in [0.05, 0.1) is 13.3 Å². The molecular formula is C22H19ClN2O2S. The maximum atomic E-state index is 12.2. The number of carbonyl (C=O) groups is 1. The minimum Gasteiger partial charge on any atom is -0.497 e. The van der Waals surface area contributed by atoms with Gasteiger partial charge in [0.15, 0.2) is 0 Å². The van der Waals surface area contributed by atoms with E-state index in [9.17, 15) is 4.79 Å². The highest BCUT2D eigenvalue weighted by Gasteiger charge is 2.04. The predicted octanol–water partition coefficient (Wildman–Crippen LogP) is 5.40. The molecule has 3 aromatic carbocycles. The molecule has 0 aliphatic rings. The zero-order chi connectivity index (χ0) is 19.8. The highest BCUT2D eigenvalue weighted by molar-refractivity contribution is 7.98. The molecule has 0 aliphatic heterocycles. The zero-order valence-corrected chi connectivity index (χ0v) is 16.8. The van der Waals surface area contributed by atoms with Gasteiger partial charge in [-0.1, -0.05) is 23.7 Å². The Bertz CT molecular complexity index is 940. The van der Waals surface area contributed by atoms with Crippen LogP contribution < -0.4 is 10.2 Å². The third-order valence-corrected chi connectivity index (χ3v) is 5.27. The molecule has 0 saturated carbocycles. The summed E-state index contributed by atoms with van der Waals surface area (Å²) < 4.78 is 5.11. The number of benzene rings is 3. The van der Waals surface area contributed by atoms with Crippen LogP contribution in [0.15, 0.2) is 82.8 Å². The largest absolute Gasteiger partial charge is 0.497 e. The number of methoxy groups -OCH3 is 1. The summed E-state index contributed by atoms with van der Waals surface area (Å²) in [6.45, 7) is 0. The summed E-state index contributed by atoms with van der Waals surface area (Å²) in [5.74, 6) is 1.34. The van der Waals surface area contributed by atoms with Crippen molar-refractivity contribution in [1.29, 1.82) is 0 Å². The first-order valence-corrected chi connectivity index (χ1v) is 9.95. The minimum absolute atomic E-state index is 0.248. The van der Waals surface area contributed by atoms with Crippen molar-refractivity contribution in [2.75, 3.05) is 7.11 Å². The summed E-state index contributed by atoms with van der Waals surface area (Å²) in [6, 6.07) is 22.7. The van der Waals surface area contributed by atoms with Crippen LogP contribution >= 0.6 is 23.4 Å². The molecule has 0 heterocycles. The normalized spacial score (nSPS) is 10.8. The lowest BCUT2D eigenvalue weighted by Gasteiger charge is -2.04. The molecule has 142 valence electrons. The van der Waals surface area contributed by atoms with Gasteiger partial charge in [0, 0.05) is 21.2 Å². The first-order chi connectivity index (χ1) is 13.6. The molecule has 3 aromatic rings. The van der Waals surface area contributed by atoms with E-state index in [0.29, 0.717) is 5.56 Å². The van der Waals surface area contributed by atoms with Gasteiger partial charge in [-0.3, -0.25) is 4.79 Å². The molecule has 0 bridgehead atoms. The number of nitrogens with one attached hydrogen (secondary N) is 1. The SMILES string of the molecule is COc1ccc(/C=N\NC(=O)c2ccc(CSc3ccc(Cl)cc3)cc2)cc1. The summed E-state index contributed by atoms with van der Waals surface area (Å²) in [4.78, 5) is 13.3. The molecular weight excluding hydrogens is 392 g/mol. The van der Waals surface area contributed by atoms with E-state index >= 15 is 0 Å². The van der Waals surface area contributed by atoms with Crippen LogP contribution in [0.3, 0.4) is 0 Å². The van der Waals surface area contributed by atoms with E-state index in [4.69, 9.17) is 16.3 Å². The molecule has 3 rings (SSSR count). The Morgan fingerprint density at radius 2 is 1.71 bits per heavy atom. The number of carbonyl (C=O) groups excluding carboxylic acids is 1. The predicted molar refractivity (Wildman–Crippen MR) is 116 cm³/mol. The zero-order valence-electron chi connectivity index (χ0n) is 15.3. The molecule has 0 radical (unpaired) electrons.